The zero-order valence-corrected chi connectivity index (χ0v) is 17.1. The minimum atomic E-state index is -3.52. The Hall–Kier alpha value is -2.29. The molecule has 2 aromatic carbocycles. The Balaban J connectivity index is 1.71. The van der Waals surface area contributed by atoms with Crippen molar-refractivity contribution < 1.29 is 13.3 Å². The van der Waals surface area contributed by atoms with E-state index in [2.05, 4.69) is 4.90 Å². The third-order valence-electron chi connectivity index (χ3n) is 5.33. The van der Waals surface area contributed by atoms with Crippen molar-refractivity contribution in [3.63, 3.8) is 0 Å². The van der Waals surface area contributed by atoms with Gasteiger partial charge in [-0.05, 0) is 38.0 Å². The summed E-state index contributed by atoms with van der Waals surface area (Å²) in [6, 6.07) is 12.0. The molecule has 0 unspecified atom stereocenters. The summed E-state index contributed by atoms with van der Waals surface area (Å²) < 4.78 is 27.6. The molecule has 0 amide bonds. The predicted octanol–water partition coefficient (Wildman–Crippen LogP) is 3.28. The van der Waals surface area contributed by atoms with E-state index in [-0.39, 0.29) is 11.7 Å². The maximum Gasteiger partial charge on any atom is 0.269 e. The second-order valence-electron chi connectivity index (χ2n) is 7.24. The number of non-ortho nitro benzene ring substituents is 1. The molecule has 0 aliphatic carbocycles. The third-order valence-corrected chi connectivity index (χ3v) is 7.39. The minimum Gasteiger partial charge on any atom is -0.294 e. The largest absolute Gasteiger partial charge is 0.294 e. The zero-order valence-electron chi connectivity index (χ0n) is 16.3. The Bertz CT molecular complexity index is 983. The molecule has 1 atom stereocenters. The topological polar surface area (TPSA) is 83.8 Å². The molecule has 1 saturated heterocycles. The highest BCUT2D eigenvalue weighted by Crippen LogP contribution is 2.27. The SMILES string of the molecule is Cc1ccc(S(=O)(=O)N2CCN([C@@H](C)c3cccc([N+](=O)[O-])c3)CC2)c(C)c1. The second kappa shape index (κ2) is 7.98. The Morgan fingerprint density at radius 1 is 1.04 bits per heavy atom. The summed E-state index contributed by atoms with van der Waals surface area (Å²) in [5.74, 6) is 0. The van der Waals surface area contributed by atoms with Crippen LogP contribution in [-0.4, -0.2) is 48.7 Å². The fraction of sp³-hybridized carbons (Fsp3) is 0.400. The Morgan fingerprint density at radius 2 is 1.71 bits per heavy atom. The van der Waals surface area contributed by atoms with Gasteiger partial charge in [0.05, 0.1) is 9.82 Å². The van der Waals surface area contributed by atoms with E-state index in [4.69, 9.17) is 0 Å². The van der Waals surface area contributed by atoms with Gasteiger partial charge >= 0.3 is 0 Å². The Kier molecular flexibility index (Phi) is 5.83. The first kappa shape index (κ1) is 20.4. The number of nitro groups is 1. The molecule has 0 radical (unpaired) electrons. The highest BCUT2D eigenvalue weighted by Gasteiger charge is 2.31. The summed E-state index contributed by atoms with van der Waals surface area (Å²) in [5.41, 5.74) is 2.72. The summed E-state index contributed by atoms with van der Waals surface area (Å²) in [4.78, 5) is 13.1. The van der Waals surface area contributed by atoms with E-state index in [9.17, 15) is 18.5 Å². The number of benzene rings is 2. The highest BCUT2D eigenvalue weighted by atomic mass is 32.2. The average Bonchev–Trinajstić information content (AvgIpc) is 2.67. The molecule has 0 aromatic heterocycles. The second-order valence-corrected chi connectivity index (χ2v) is 9.14. The van der Waals surface area contributed by atoms with Gasteiger partial charge in [0.25, 0.3) is 5.69 Å². The number of rotatable bonds is 5. The van der Waals surface area contributed by atoms with Crippen molar-refractivity contribution in [2.45, 2.75) is 31.7 Å². The van der Waals surface area contributed by atoms with Gasteiger partial charge in [0.1, 0.15) is 0 Å². The van der Waals surface area contributed by atoms with Crippen LogP contribution in [0.2, 0.25) is 0 Å². The maximum atomic E-state index is 13.0. The molecule has 8 heteroatoms. The van der Waals surface area contributed by atoms with Crippen LogP contribution < -0.4 is 0 Å². The predicted molar refractivity (Wildman–Crippen MR) is 108 cm³/mol. The number of piperazine rings is 1. The molecule has 0 saturated carbocycles. The lowest BCUT2D eigenvalue weighted by Crippen LogP contribution is -2.49. The van der Waals surface area contributed by atoms with Crippen LogP contribution in [0, 0.1) is 24.0 Å². The quantitative estimate of drug-likeness (QED) is 0.565. The van der Waals surface area contributed by atoms with Gasteiger partial charge in [-0.2, -0.15) is 4.31 Å². The molecule has 3 rings (SSSR count). The van der Waals surface area contributed by atoms with Gasteiger partial charge in [-0.3, -0.25) is 15.0 Å². The van der Waals surface area contributed by atoms with Gasteiger partial charge in [0.2, 0.25) is 10.0 Å². The van der Waals surface area contributed by atoms with Crippen LogP contribution in [-0.2, 0) is 10.0 Å². The van der Waals surface area contributed by atoms with Crippen molar-refractivity contribution in [3.8, 4) is 0 Å². The third kappa shape index (κ3) is 4.09. The fourth-order valence-corrected chi connectivity index (χ4v) is 5.30. The standard InChI is InChI=1S/C20H25N3O4S/c1-15-7-8-20(16(2)13-15)28(26,27)22-11-9-21(10-12-22)17(3)18-5-4-6-19(14-18)23(24)25/h4-8,13-14,17H,9-12H2,1-3H3/t17-/m0/s1. The van der Waals surface area contributed by atoms with Crippen LogP contribution >= 0.6 is 0 Å². The van der Waals surface area contributed by atoms with Crippen molar-refractivity contribution in [2.24, 2.45) is 0 Å². The molecule has 0 bridgehead atoms. The molecule has 2 aromatic rings. The van der Waals surface area contributed by atoms with Gasteiger partial charge in [-0.25, -0.2) is 8.42 Å². The first-order valence-electron chi connectivity index (χ1n) is 9.26. The van der Waals surface area contributed by atoms with Crippen molar-refractivity contribution in [1.29, 1.82) is 0 Å². The first-order chi connectivity index (χ1) is 13.2. The maximum absolute atomic E-state index is 13.0. The van der Waals surface area contributed by atoms with Gasteiger partial charge in [0, 0.05) is 44.4 Å². The number of hydrogen-bond acceptors (Lipinski definition) is 5. The highest BCUT2D eigenvalue weighted by molar-refractivity contribution is 7.89. The Morgan fingerprint density at radius 3 is 2.32 bits per heavy atom. The molecule has 1 heterocycles. The van der Waals surface area contributed by atoms with Crippen LogP contribution in [0.4, 0.5) is 5.69 Å². The lowest BCUT2D eigenvalue weighted by molar-refractivity contribution is -0.385. The van der Waals surface area contributed by atoms with Gasteiger partial charge in [0.15, 0.2) is 0 Å². The molecule has 28 heavy (non-hydrogen) atoms. The monoisotopic (exact) mass is 403 g/mol. The molecule has 1 aliphatic rings. The molecular weight excluding hydrogens is 378 g/mol. The smallest absolute Gasteiger partial charge is 0.269 e. The molecular formula is C20H25N3O4S. The number of sulfonamides is 1. The number of hydrogen-bond donors (Lipinski definition) is 0. The van der Waals surface area contributed by atoms with Gasteiger partial charge < -0.3 is 0 Å². The summed E-state index contributed by atoms with van der Waals surface area (Å²) >= 11 is 0. The Labute approximate surface area is 165 Å². The lowest BCUT2D eigenvalue weighted by Gasteiger charge is -2.37. The molecule has 1 aliphatic heterocycles. The van der Waals surface area contributed by atoms with E-state index < -0.39 is 14.9 Å². The zero-order chi connectivity index (χ0) is 20.5. The van der Waals surface area contributed by atoms with Crippen LogP contribution in [0.5, 0.6) is 0 Å². The molecule has 150 valence electrons. The van der Waals surface area contributed by atoms with E-state index in [1.807, 2.05) is 39.0 Å². The molecule has 7 nitrogen and oxygen atoms in total. The number of nitrogens with zero attached hydrogens (tertiary/aromatic N) is 3. The van der Waals surface area contributed by atoms with Crippen LogP contribution in [0.25, 0.3) is 0 Å². The fourth-order valence-electron chi connectivity index (χ4n) is 3.67. The van der Waals surface area contributed by atoms with Gasteiger partial charge in [-0.1, -0.05) is 29.8 Å². The summed E-state index contributed by atoms with van der Waals surface area (Å²) in [6.07, 6.45) is 0. The normalized spacial score (nSPS) is 17.4. The summed E-state index contributed by atoms with van der Waals surface area (Å²) in [7, 11) is -3.52. The average molecular weight is 404 g/mol. The van der Waals surface area contributed by atoms with E-state index in [0.717, 1.165) is 16.7 Å². The summed E-state index contributed by atoms with van der Waals surface area (Å²) in [6.45, 7) is 7.71. The minimum absolute atomic E-state index is 0.0223. The van der Waals surface area contributed by atoms with E-state index >= 15 is 0 Å². The van der Waals surface area contributed by atoms with E-state index in [0.29, 0.717) is 31.1 Å². The van der Waals surface area contributed by atoms with Gasteiger partial charge in [-0.15, -0.1) is 0 Å². The van der Waals surface area contributed by atoms with Crippen molar-refractivity contribution in [1.82, 2.24) is 9.21 Å². The number of aryl methyl sites for hydroxylation is 2. The van der Waals surface area contributed by atoms with Crippen LogP contribution in [0.1, 0.15) is 29.7 Å². The molecule has 0 N–H and O–H groups in total. The summed E-state index contributed by atoms with van der Waals surface area (Å²) in [5, 5.41) is 11.0. The van der Waals surface area contributed by atoms with Crippen LogP contribution in [0.15, 0.2) is 47.4 Å². The molecule has 0 spiro atoms. The van der Waals surface area contributed by atoms with E-state index in [1.165, 1.54) is 10.4 Å². The van der Waals surface area contributed by atoms with Crippen molar-refractivity contribution in [3.05, 3.63) is 69.3 Å². The number of nitro benzene ring substituents is 1. The molecule has 1 fully saturated rings. The van der Waals surface area contributed by atoms with Crippen molar-refractivity contribution >= 4 is 15.7 Å². The first-order valence-corrected chi connectivity index (χ1v) is 10.7. The van der Waals surface area contributed by atoms with Crippen molar-refractivity contribution in [2.75, 3.05) is 26.2 Å². The van der Waals surface area contributed by atoms with Crippen LogP contribution in [0.3, 0.4) is 0 Å². The van der Waals surface area contributed by atoms with E-state index in [1.54, 1.807) is 18.2 Å². The lowest BCUT2D eigenvalue weighted by atomic mass is 10.1.